The first-order valence-corrected chi connectivity index (χ1v) is 12.4. The number of nitrogens with one attached hydrogen (secondary N) is 1. The molecule has 11 nitrogen and oxygen atoms in total. The highest BCUT2D eigenvalue weighted by molar-refractivity contribution is 5.86. The average molecular weight is 527 g/mol. The molecule has 0 radical (unpaired) electrons. The van der Waals surface area contributed by atoms with Gasteiger partial charge < -0.3 is 24.6 Å². The van der Waals surface area contributed by atoms with E-state index in [2.05, 4.69) is 15.3 Å². The van der Waals surface area contributed by atoms with Gasteiger partial charge in [0.15, 0.2) is 0 Å². The van der Waals surface area contributed by atoms with Gasteiger partial charge in [0.1, 0.15) is 23.3 Å². The molecular weight excluding hydrogens is 492 g/mol. The topological polar surface area (TPSA) is 142 Å². The maximum atomic E-state index is 12.6. The number of rotatable bonds is 11. The van der Waals surface area contributed by atoms with Crippen LogP contribution in [0.5, 0.6) is 5.88 Å². The molecule has 0 bridgehead atoms. The number of Topliss-reactive ketones (excluding diaryl/α,β-unsaturated/α-hetero) is 1. The molecule has 3 aromatic rings. The third kappa shape index (κ3) is 7.51. The number of alkyl carbamates (subject to hydrolysis) is 1. The molecular formula is C27H34N4O7. The predicted molar refractivity (Wildman–Crippen MR) is 140 cm³/mol. The zero-order chi connectivity index (χ0) is 27.9. The summed E-state index contributed by atoms with van der Waals surface area (Å²) in [6.45, 7) is 7.12. The number of pyridine rings is 1. The lowest BCUT2D eigenvalue weighted by Gasteiger charge is -2.23. The number of fused-ring (bicyclic) bond motifs is 1. The number of nitrogens with zero attached hydrogens (tertiary/aromatic N) is 3. The molecule has 3 rings (SSSR count). The van der Waals surface area contributed by atoms with Crippen molar-refractivity contribution in [3.8, 4) is 17.1 Å². The Kier molecular flexibility index (Phi) is 9.40. The minimum Gasteiger partial charge on any atom is -0.480 e. The van der Waals surface area contributed by atoms with Gasteiger partial charge in [-0.05, 0) is 39.3 Å². The van der Waals surface area contributed by atoms with Crippen LogP contribution in [0.1, 0.15) is 58.8 Å². The Morgan fingerprint density at radius 2 is 1.89 bits per heavy atom. The molecule has 0 aliphatic heterocycles. The molecule has 2 aromatic heterocycles. The second-order valence-electron chi connectivity index (χ2n) is 9.64. The van der Waals surface area contributed by atoms with E-state index in [4.69, 9.17) is 14.2 Å². The van der Waals surface area contributed by atoms with Crippen LogP contribution in [0.3, 0.4) is 0 Å². The fraction of sp³-hybridized carbons (Fsp3) is 0.444. The molecule has 0 spiro atoms. The Bertz CT molecular complexity index is 1300. The second-order valence-corrected chi connectivity index (χ2v) is 9.64. The van der Waals surface area contributed by atoms with Crippen molar-refractivity contribution >= 4 is 28.9 Å². The van der Waals surface area contributed by atoms with Crippen LogP contribution in [0.2, 0.25) is 0 Å². The van der Waals surface area contributed by atoms with Gasteiger partial charge in [0, 0.05) is 31.0 Å². The van der Waals surface area contributed by atoms with Crippen LogP contribution in [0.25, 0.3) is 22.2 Å². The fourth-order valence-electron chi connectivity index (χ4n) is 3.74. The number of carbonyl (C=O) groups excluding carboxylic acids is 2. The molecule has 1 unspecified atom stereocenters. The molecule has 0 saturated heterocycles. The smallest absolute Gasteiger partial charge is 0.417 e. The molecule has 0 fully saturated rings. The molecule has 2 heterocycles. The van der Waals surface area contributed by atoms with Crippen molar-refractivity contribution < 1.29 is 33.7 Å². The number of ketones is 1. The molecule has 0 saturated carbocycles. The lowest BCUT2D eigenvalue weighted by Crippen LogP contribution is -2.38. The summed E-state index contributed by atoms with van der Waals surface area (Å²) in [6, 6.07) is 8.30. The normalized spacial score (nSPS) is 12.2. The largest absolute Gasteiger partial charge is 0.480 e. The molecule has 1 aromatic carbocycles. The van der Waals surface area contributed by atoms with E-state index in [1.165, 1.54) is 13.3 Å². The number of benzene rings is 1. The van der Waals surface area contributed by atoms with E-state index < -0.39 is 23.8 Å². The minimum atomic E-state index is -1.30. The van der Waals surface area contributed by atoms with Crippen LogP contribution >= 0.6 is 0 Å². The van der Waals surface area contributed by atoms with Crippen molar-refractivity contribution in [3.05, 3.63) is 42.4 Å². The summed E-state index contributed by atoms with van der Waals surface area (Å²) in [5, 5.41) is 13.4. The van der Waals surface area contributed by atoms with Crippen LogP contribution in [0, 0.1) is 0 Å². The van der Waals surface area contributed by atoms with E-state index in [-0.39, 0.29) is 30.7 Å². The number of aromatic nitrogens is 3. The molecule has 2 N–H and O–H groups in total. The number of methoxy groups -OCH3 is 1. The quantitative estimate of drug-likeness (QED) is 0.331. The fourth-order valence-corrected chi connectivity index (χ4v) is 3.74. The lowest BCUT2D eigenvalue weighted by atomic mass is 10.1. The Morgan fingerprint density at radius 3 is 2.55 bits per heavy atom. The number of hydrogen-bond donors (Lipinski definition) is 2. The summed E-state index contributed by atoms with van der Waals surface area (Å²) < 4.78 is 17.5. The minimum absolute atomic E-state index is 0.0261. The molecule has 204 valence electrons. The Balaban J connectivity index is 1.96. The van der Waals surface area contributed by atoms with Crippen LogP contribution in [-0.2, 0) is 14.3 Å². The van der Waals surface area contributed by atoms with Gasteiger partial charge in [-0.25, -0.2) is 24.1 Å². The lowest BCUT2D eigenvalue weighted by molar-refractivity contribution is -0.119. The summed E-state index contributed by atoms with van der Waals surface area (Å²) >= 11 is 0. The number of carboxylic acid groups (broad SMARTS) is 1. The van der Waals surface area contributed by atoms with E-state index in [0.29, 0.717) is 36.0 Å². The monoisotopic (exact) mass is 526 g/mol. The van der Waals surface area contributed by atoms with E-state index in [1.54, 1.807) is 27.7 Å². The maximum Gasteiger partial charge on any atom is 0.417 e. The van der Waals surface area contributed by atoms with Crippen LogP contribution in [0.15, 0.2) is 36.5 Å². The van der Waals surface area contributed by atoms with Gasteiger partial charge in [-0.1, -0.05) is 25.1 Å². The van der Waals surface area contributed by atoms with Gasteiger partial charge in [-0.3, -0.25) is 4.79 Å². The van der Waals surface area contributed by atoms with Crippen molar-refractivity contribution in [2.45, 2.75) is 58.6 Å². The van der Waals surface area contributed by atoms with Crippen LogP contribution in [-0.4, -0.2) is 63.5 Å². The SMILES string of the molecule is CCC(=O)CCCOCC(NC(=O)OC(C)(C)C)c1nc(-c2cc3ccccc3nc2OC)cn1C(=O)O. The van der Waals surface area contributed by atoms with Crippen molar-refractivity contribution in [2.75, 3.05) is 20.3 Å². The predicted octanol–water partition coefficient (Wildman–Crippen LogP) is 4.97. The molecule has 38 heavy (non-hydrogen) atoms. The first-order valence-electron chi connectivity index (χ1n) is 12.4. The Hall–Kier alpha value is -3.99. The summed E-state index contributed by atoms with van der Waals surface area (Å²) in [7, 11) is 1.47. The summed E-state index contributed by atoms with van der Waals surface area (Å²) in [6.07, 6.45) is 0.632. The zero-order valence-corrected chi connectivity index (χ0v) is 22.3. The molecule has 1 amide bonds. The summed E-state index contributed by atoms with van der Waals surface area (Å²) in [4.78, 5) is 45.5. The summed E-state index contributed by atoms with van der Waals surface area (Å²) in [5.41, 5.74) is 0.725. The number of para-hydroxylation sites is 1. The summed E-state index contributed by atoms with van der Waals surface area (Å²) in [5.74, 6) is 0.429. The molecule has 11 heteroatoms. The standard InChI is InChI=1S/C27H34N4O7/c1-6-18(32)11-9-13-37-16-22(30-25(33)38-27(2,3)4)23-28-21(15-31(23)26(34)35)19-14-17-10-7-8-12-20(17)29-24(19)36-5/h7-8,10,12,14-15,22H,6,9,11,13,16H2,1-5H3,(H,30,33)(H,34,35). The highest BCUT2D eigenvalue weighted by Gasteiger charge is 2.28. The van der Waals surface area contributed by atoms with Gasteiger partial charge in [-0.2, -0.15) is 0 Å². The van der Waals surface area contributed by atoms with Gasteiger partial charge in [0.2, 0.25) is 5.88 Å². The van der Waals surface area contributed by atoms with Crippen molar-refractivity contribution in [1.29, 1.82) is 0 Å². The first-order chi connectivity index (χ1) is 18.0. The highest BCUT2D eigenvalue weighted by atomic mass is 16.6. The Morgan fingerprint density at radius 1 is 1.16 bits per heavy atom. The first kappa shape index (κ1) is 28.6. The van der Waals surface area contributed by atoms with Crippen molar-refractivity contribution in [1.82, 2.24) is 19.9 Å². The van der Waals surface area contributed by atoms with Crippen LogP contribution < -0.4 is 10.1 Å². The number of ether oxygens (including phenoxy) is 3. The number of amides is 1. The van der Waals surface area contributed by atoms with Crippen LogP contribution in [0.4, 0.5) is 9.59 Å². The van der Waals surface area contributed by atoms with Gasteiger partial charge in [-0.15, -0.1) is 0 Å². The third-order valence-electron chi connectivity index (χ3n) is 5.52. The number of imidazole rings is 1. The molecule has 0 aliphatic rings. The maximum absolute atomic E-state index is 12.6. The average Bonchev–Trinajstić information content (AvgIpc) is 3.31. The van der Waals surface area contributed by atoms with Gasteiger partial charge >= 0.3 is 12.2 Å². The van der Waals surface area contributed by atoms with Crippen molar-refractivity contribution in [2.24, 2.45) is 0 Å². The van der Waals surface area contributed by atoms with Crippen molar-refractivity contribution in [3.63, 3.8) is 0 Å². The van der Waals surface area contributed by atoms with Gasteiger partial charge in [0.05, 0.1) is 30.5 Å². The van der Waals surface area contributed by atoms with E-state index in [9.17, 15) is 19.5 Å². The van der Waals surface area contributed by atoms with E-state index >= 15 is 0 Å². The zero-order valence-electron chi connectivity index (χ0n) is 22.3. The second kappa shape index (κ2) is 12.5. The van der Waals surface area contributed by atoms with E-state index in [1.807, 2.05) is 30.3 Å². The van der Waals surface area contributed by atoms with Gasteiger partial charge in [0.25, 0.3) is 0 Å². The third-order valence-corrected chi connectivity index (χ3v) is 5.52. The number of hydrogen-bond acceptors (Lipinski definition) is 8. The molecule has 0 aliphatic carbocycles. The number of carbonyl (C=O) groups is 3. The van der Waals surface area contributed by atoms with E-state index in [0.717, 1.165) is 9.95 Å². The Labute approximate surface area is 221 Å². The molecule has 1 atom stereocenters. The highest BCUT2D eigenvalue weighted by Crippen LogP contribution is 2.32.